The zero-order chi connectivity index (χ0) is 32.9. The molecule has 1 amide bonds. The van der Waals surface area contributed by atoms with Crippen molar-refractivity contribution < 1.29 is 59.9 Å². The zero-order valence-corrected chi connectivity index (χ0v) is 25.1. The Balaban J connectivity index is 1.87. The molecular formula is C26H52N6O12. The second kappa shape index (κ2) is 16.1. The number of likely N-dealkylation sites (N-methyl/N-ethyl adjacent to an activating group) is 1. The second-order valence-corrected chi connectivity index (χ2v) is 12.3. The van der Waals surface area contributed by atoms with Crippen molar-refractivity contribution in [3.8, 4) is 0 Å². The first-order valence-electron chi connectivity index (χ1n) is 14.9. The largest absolute Gasteiger partial charge is 0.395 e. The Morgan fingerprint density at radius 1 is 1.11 bits per heavy atom. The SMILES string of the molecule is CN[C@@H]1[C@@H](O)[C@@H](O[C@H]2[C@H](NC(=O)[C@@H](O)CCN)C[C@H](N)C([C@H]3O[C@H](CNCC(N)CO)[C@@H](O)[C@H](O)[C@H]3O)[C@@H]2O)OC[C@]1(C)O. The van der Waals surface area contributed by atoms with Crippen molar-refractivity contribution in [2.45, 2.75) is 111 Å². The molecule has 2 saturated heterocycles. The number of nitrogens with two attached hydrogens (primary N) is 3. The van der Waals surface area contributed by atoms with E-state index in [1.165, 1.54) is 14.0 Å². The van der Waals surface area contributed by atoms with E-state index in [2.05, 4.69) is 16.0 Å². The van der Waals surface area contributed by atoms with Crippen LogP contribution >= 0.6 is 0 Å². The number of hydrogen-bond donors (Lipinski definition) is 14. The van der Waals surface area contributed by atoms with Gasteiger partial charge in [-0.2, -0.15) is 0 Å². The van der Waals surface area contributed by atoms with Gasteiger partial charge in [0.2, 0.25) is 5.91 Å². The van der Waals surface area contributed by atoms with E-state index in [-0.39, 0.29) is 45.7 Å². The van der Waals surface area contributed by atoms with Crippen LogP contribution in [0.1, 0.15) is 19.8 Å². The Morgan fingerprint density at radius 2 is 1.80 bits per heavy atom. The van der Waals surface area contributed by atoms with E-state index >= 15 is 0 Å². The minimum atomic E-state index is -1.69. The van der Waals surface area contributed by atoms with Crippen LogP contribution in [0.25, 0.3) is 0 Å². The quantitative estimate of drug-likeness (QED) is 0.0888. The number of carbonyl (C=O) groups is 1. The highest BCUT2D eigenvalue weighted by molar-refractivity contribution is 5.80. The van der Waals surface area contributed by atoms with E-state index in [1.807, 2.05) is 0 Å². The molecular weight excluding hydrogens is 588 g/mol. The fraction of sp³-hybridized carbons (Fsp3) is 0.962. The summed E-state index contributed by atoms with van der Waals surface area (Å²) in [6, 6.07) is -3.49. The maximum atomic E-state index is 12.8. The summed E-state index contributed by atoms with van der Waals surface area (Å²) in [6.45, 7) is 1.09. The van der Waals surface area contributed by atoms with Gasteiger partial charge < -0.3 is 88.2 Å². The molecule has 2 heterocycles. The Labute approximate surface area is 255 Å². The van der Waals surface area contributed by atoms with Crippen LogP contribution in [0, 0.1) is 5.92 Å². The minimum absolute atomic E-state index is 0.0295. The smallest absolute Gasteiger partial charge is 0.249 e. The molecule has 2 unspecified atom stereocenters. The molecule has 18 nitrogen and oxygen atoms in total. The van der Waals surface area contributed by atoms with E-state index in [0.29, 0.717) is 0 Å². The third kappa shape index (κ3) is 8.40. The van der Waals surface area contributed by atoms with Crippen LogP contribution < -0.4 is 33.2 Å². The van der Waals surface area contributed by atoms with Gasteiger partial charge in [0.05, 0.1) is 43.6 Å². The summed E-state index contributed by atoms with van der Waals surface area (Å²) in [5.41, 5.74) is 16.2. The monoisotopic (exact) mass is 640 g/mol. The highest BCUT2D eigenvalue weighted by Crippen LogP contribution is 2.37. The molecule has 0 aromatic rings. The molecule has 44 heavy (non-hydrogen) atoms. The van der Waals surface area contributed by atoms with E-state index in [1.54, 1.807) is 0 Å². The van der Waals surface area contributed by atoms with Crippen LogP contribution in [0.4, 0.5) is 0 Å². The first kappa shape index (κ1) is 37.3. The molecule has 0 bridgehead atoms. The average Bonchev–Trinajstić information content (AvgIpc) is 2.96. The number of ether oxygens (including phenoxy) is 3. The second-order valence-electron chi connectivity index (χ2n) is 12.3. The zero-order valence-electron chi connectivity index (χ0n) is 25.1. The van der Waals surface area contributed by atoms with Gasteiger partial charge in [0.25, 0.3) is 0 Å². The van der Waals surface area contributed by atoms with Gasteiger partial charge in [0.15, 0.2) is 6.29 Å². The van der Waals surface area contributed by atoms with Crippen molar-refractivity contribution in [3.05, 3.63) is 0 Å². The molecule has 17 N–H and O–H groups in total. The lowest BCUT2D eigenvalue weighted by atomic mass is 9.72. The highest BCUT2D eigenvalue weighted by Gasteiger charge is 2.56. The summed E-state index contributed by atoms with van der Waals surface area (Å²) in [5.74, 6) is -1.93. The van der Waals surface area contributed by atoms with Crippen LogP contribution in [0.2, 0.25) is 0 Å². The average molecular weight is 641 g/mol. The van der Waals surface area contributed by atoms with Crippen molar-refractivity contribution in [2.75, 3.05) is 39.9 Å². The number of aliphatic hydroxyl groups is 8. The fourth-order valence-corrected chi connectivity index (χ4v) is 6.28. The van der Waals surface area contributed by atoms with Crippen molar-refractivity contribution in [3.63, 3.8) is 0 Å². The number of nitrogens with one attached hydrogen (secondary N) is 3. The first-order valence-corrected chi connectivity index (χ1v) is 14.9. The molecule has 1 aliphatic carbocycles. The lowest BCUT2D eigenvalue weighted by molar-refractivity contribution is -0.303. The van der Waals surface area contributed by atoms with Crippen LogP contribution in [-0.2, 0) is 19.0 Å². The standard InChI is InChI=1S/C26H52N6O12/c1-26(41)9-42-25(20(39)23(26)30-2)44-21-12(32-24(40)13(34)3-4-27)5-11(29)15(17(21)36)22-19(38)18(37)16(35)14(43-22)7-31-6-10(28)8-33/h10-23,25,30-31,33-39,41H,3-9,27-29H2,1-2H3,(H,32,40)/t10?,11-,12+,13-,14+,15?,16+,17-,18-,19+,20+,21-,22+,23+,25+,26-/m0/s1. The third-order valence-corrected chi connectivity index (χ3v) is 8.77. The van der Waals surface area contributed by atoms with Crippen LogP contribution in [0.5, 0.6) is 0 Å². The van der Waals surface area contributed by atoms with E-state index in [4.69, 9.17) is 36.5 Å². The summed E-state index contributed by atoms with van der Waals surface area (Å²) < 4.78 is 17.7. The molecule has 0 aromatic heterocycles. The normalized spacial score (nSPS) is 44.6. The summed E-state index contributed by atoms with van der Waals surface area (Å²) in [7, 11) is 1.53. The predicted molar refractivity (Wildman–Crippen MR) is 152 cm³/mol. The molecule has 16 atom stereocenters. The topological polar surface area (TPSA) is 321 Å². The van der Waals surface area contributed by atoms with Gasteiger partial charge in [-0.15, -0.1) is 0 Å². The van der Waals surface area contributed by atoms with Gasteiger partial charge in [-0.3, -0.25) is 4.79 Å². The van der Waals surface area contributed by atoms with Gasteiger partial charge in [0.1, 0.15) is 42.2 Å². The molecule has 3 aliphatic rings. The first-order chi connectivity index (χ1) is 20.7. The summed E-state index contributed by atoms with van der Waals surface area (Å²) >= 11 is 0. The lowest BCUT2D eigenvalue weighted by Crippen LogP contribution is -2.71. The number of rotatable bonds is 13. The third-order valence-electron chi connectivity index (χ3n) is 8.77. The van der Waals surface area contributed by atoms with Gasteiger partial charge in [0, 0.05) is 31.1 Å². The summed E-state index contributed by atoms with van der Waals surface area (Å²) in [5, 5.41) is 93.3. The maximum Gasteiger partial charge on any atom is 0.249 e. The highest BCUT2D eigenvalue weighted by atomic mass is 16.7. The summed E-state index contributed by atoms with van der Waals surface area (Å²) in [6.07, 6.45) is -14.6. The molecule has 0 spiro atoms. The van der Waals surface area contributed by atoms with Gasteiger partial charge in [-0.1, -0.05) is 0 Å². The number of hydrogen-bond acceptors (Lipinski definition) is 17. The van der Waals surface area contributed by atoms with E-state index in [0.717, 1.165) is 0 Å². The molecule has 1 saturated carbocycles. The molecule has 258 valence electrons. The minimum Gasteiger partial charge on any atom is -0.395 e. The molecule has 0 aromatic carbocycles. The Kier molecular flexibility index (Phi) is 13.6. The fourth-order valence-electron chi connectivity index (χ4n) is 6.28. The molecule has 2 aliphatic heterocycles. The maximum absolute atomic E-state index is 12.8. The van der Waals surface area contributed by atoms with Crippen molar-refractivity contribution in [1.29, 1.82) is 0 Å². The molecule has 0 radical (unpaired) electrons. The number of aliphatic hydroxyl groups excluding tert-OH is 7. The van der Waals surface area contributed by atoms with Crippen molar-refractivity contribution in [2.24, 2.45) is 23.1 Å². The Morgan fingerprint density at radius 3 is 2.41 bits per heavy atom. The Hall–Kier alpha value is -1.17. The van der Waals surface area contributed by atoms with Gasteiger partial charge >= 0.3 is 0 Å². The molecule has 18 heteroatoms. The van der Waals surface area contributed by atoms with E-state index < -0.39 is 103 Å². The molecule has 3 rings (SSSR count). The van der Waals surface area contributed by atoms with Crippen LogP contribution in [-0.4, -0.2) is 178 Å². The van der Waals surface area contributed by atoms with Crippen LogP contribution in [0.3, 0.4) is 0 Å². The predicted octanol–water partition coefficient (Wildman–Crippen LogP) is -7.91. The summed E-state index contributed by atoms with van der Waals surface area (Å²) in [4.78, 5) is 12.8. The van der Waals surface area contributed by atoms with Gasteiger partial charge in [-0.25, -0.2) is 0 Å². The van der Waals surface area contributed by atoms with Crippen molar-refractivity contribution >= 4 is 5.91 Å². The lowest BCUT2D eigenvalue weighted by Gasteiger charge is -2.52. The van der Waals surface area contributed by atoms with E-state index in [9.17, 15) is 40.5 Å². The Bertz CT molecular complexity index is 910. The van der Waals surface area contributed by atoms with Crippen molar-refractivity contribution in [1.82, 2.24) is 16.0 Å². The number of amides is 1. The molecule has 3 fully saturated rings. The van der Waals surface area contributed by atoms with Crippen LogP contribution in [0.15, 0.2) is 0 Å². The van der Waals surface area contributed by atoms with Gasteiger partial charge in [-0.05, 0) is 33.4 Å². The number of carbonyl (C=O) groups excluding carboxylic acids is 1.